The summed E-state index contributed by atoms with van der Waals surface area (Å²) in [4.78, 5) is 6.66. The van der Waals surface area contributed by atoms with Gasteiger partial charge >= 0.3 is 0 Å². The summed E-state index contributed by atoms with van der Waals surface area (Å²) >= 11 is 0. The molecule has 1 aliphatic rings. The normalized spacial score (nSPS) is 23.0. The molecule has 18 heavy (non-hydrogen) atoms. The largest absolute Gasteiger partial charge is 0.384 e. The number of hydrogen-bond acceptors (Lipinski definition) is 3. The SMILES string of the molecule is CN(c1ccccn1)C1CCC(C#CCO)CC1. The summed E-state index contributed by atoms with van der Waals surface area (Å²) in [5.41, 5.74) is 0. The fraction of sp³-hybridized carbons (Fsp3) is 0.533. The van der Waals surface area contributed by atoms with Crippen LogP contribution in [0.3, 0.4) is 0 Å². The molecule has 0 spiro atoms. The van der Waals surface area contributed by atoms with Gasteiger partial charge in [0.15, 0.2) is 0 Å². The van der Waals surface area contributed by atoms with Crippen LogP contribution in [0.25, 0.3) is 0 Å². The maximum Gasteiger partial charge on any atom is 0.128 e. The number of nitrogens with zero attached hydrogens (tertiary/aromatic N) is 2. The van der Waals surface area contributed by atoms with Crippen LogP contribution in [0, 0.1) is 17.8 Å². The number of anilines is 1. The maximum absolute atomic E-state index is 8.70. The molecule has 1 aromatic rings. The van der Waals surface area contributed by atoms with E-state index >= 15 is 0 Å². The van der Waals surface area contributed by atoms with Crippen LogP contribution in [0.5, 0.6) is 0 Å². The second-order valence-corrected chi connectivity index (χ2v) is 4.78. The molecule has 2 rings (SSSR count). The molecule has 1 heterocycles. The Morgan fingerprint density at radius 2 is 2.11 bits per heavy atom. The lowest BCUT2D eigenvalue weighted by Crippen LogP contribution is -2.35. The number of pyridine rings is 1. The van der Waals surface area contributed by atoms with Gasteiger partial charge in [0, 0.05) is 25.2 Å². The van der Waals surface area contributed by atoms with E-state index in [2.05, 4.69) is 34.8 Å². The predicted molar refractivity (Wildman–Crippen MR) is 73.2 cm³/mol. The van der Waals surface area contributed by atoms with Gasteiger partial charge in [0.2, 0.25) is 0 Å². The highest BCUT2D eigenvalue weighted by atomic mass is 16.2. The zero-order chi connectivity index (χ0) is 12.8. The summed E-state index contributed by atoms with van der Waals surface area (Å²) in [6.07, 6.45) is 6.38. The summed E-state index contributed by atoms with van der Waals surface area (Å²) in [5, 5.41) is 8.70. The molecule has 0 bridgehead atoms. The molecule has 3 nitrogen and oxygen atoms in total. The van der Waals surface area contributed by atoms with E-state index in [0.29, 0.717) is 12.0 Å². The topological polar surface area (TPSA) is 36.4 Å². The zero-order valence-corrected chi connectivity index (χ0v) is 10.8. The minimum absolute atomic E-state index is 0.0201. The Labute approximate surface area is 109 Å². The van der Waals surface area contributed by atoms with Gasteiger partial charge in [0.25, 0.3) is 0 Å². The molecule has 1 N–H and O–H groups in total. The molecular formula is C15H20N2O. The number of aromatic nitrogens is 1. The van der Waals surface area contributed by atoms with Crippen LogP contribution < -0.4 is 4.90 Å². The van der Waals surface area contributed by atoms with Gasteiger partial charge in [-0.1, -0.05) is 17.9 Å². The summed E-state index contributed by atoms with van der Waals surface area (Å²) < 4.78 is 0. The van der Waals surface area contributed by atoms with Gasteiger partial charge in [0.05, 0.1) is 0 Å². The van der Waals surface area contributed by atoms with Crippen LogP contribution in [0.15, 0.2) is 24.4 Å². The van der Waals surface area contributed by atoms with Gasteiger partial charge < -0.3 is 10.0 Å². The third-order valence-corrected chi connectivity index (χ3v) is 3.64. The quantitative estimate of drug-likeness (QED) is 0.809. The van der Waals surface area contributed by atoms with Crippen molar-refractivity contribution in [2.75, 3.05) is 18.6 Å². The van der Waals surface area contributed by atoms with E-state index < -0.39 is 0 Å². The lowest BCUT2D eigenvalue weighted by Gasteiger charge is -2.34. The molecule has 0 amide bonds. The Morgan fingerprint density at radius 1 is 1.33 bits per heavy atom. The second-order valence-electron chi connectivity index (χ2n) is 4.78. The van der Waals surface area contributed by atoms with E-state index in [9.17, 15) is 0 Å². The van der Waals surface area contributed by atoms with Crippen LogP contribution in [0.4, 0.5) is 5.82 Å². The highest BCUT2D eigenvalue weighted by molar-refractivity contribution is 5.38. The van der Waals surface area contributed by atoms with E-state index in [1.807, 2.05) is 18.3 Å². The Kier molecular flexibility index (Phi) is 4.60. The van der Waals surface area contributed by atoms with E-state index in [1.54, 1.807) is 0 Å². The van der Waals surface area contributed by atoms with Crippen molar-refractivity contribution in [2.45, 2.75) is 31.7 Å². The average molecular weight is 244 g/mol. The number of aliphatic hydroxyl groups is 1. The fourth-order valence-electron chi connectivity index (χ4n) is 2.55. The molecule has 0 unspecified atom stereocenters. The van der Waals surface area contributed by atoms with Gasteiger partial charge in [0.1, 0.15) is 12.4 Å². The smallest absolute Gasteiger partial charge is 0.128 e. The average Bonchev–Trinajstić information content (AvgIpc) is 2.46. The standard InChI is InChI=1S/C15H20N2O/c1-17(15-6-2-3-11-16-15)14-9-7-13(8-10-14)5-4-12-18/h2-3,6,11,13-14,18H,7-10,12H2,1H3. The Balaban J connectivity index is 1.90. The van der Waals surface area contributed by atoms with Gasteiger partial charge in [-0.25, -0.2) is 4.98 Å². The van der Waals surface area contributed by atoms with Crippen LogP contribution in [0.2, 0.25) is 0 Å². The fourth-order valence-corrected chi connectivity index (χ4v) is 2.55. The number of rotatable bonds is 2. The van der Waals surface area contributed by atoms with Crippen molar-refractivity contribution < 1.29 is 5.11 Å². The van der Waals surface area contributed by atoms with Gasteiger partial charge in [-0.05, 0) is 37.8 Å². The van der Waals surface area contributed by atoms with Crippen molar-refractivity contribution >= 4 is 5.82 Å². The number of aliphatic hydroxyl groups excluding tert-OH is 1. The lowest BCUT2D eigenvalue weighted by molar-refractivity contribution is 0.348. The molecule has 1 aliphatic carbocycles. The zero-order valence-electron chi connectivity index (χ0n) is 10.8. The summed E-state index contributed by atoms with van der Waals surface area (Å²) in [7, 11) is 2.12. The minimum atomic E-state index is -0.0201. The van der Waals surface area contributed by atoms with Crippen LogP contribution in [0.1, 0.15) is 25.7 Å². The molecular weight excluding hydrogens is 224 g/mol. The van der Waals surface area contributed by atoms with Crippen LogP contribution in [-0.2, 0) is 0 Å². The second kappa shape index (κ2) is 6.42. The first-order chi connectivity index (χ1) is 8.81. The molecule has 0 saturated heterocycles. The molecule has 0 aliphatic heterocycles. The highest BCUT2D eigenvalue weighted by Gasteiger charge is 2.23. The van der Waals surface area contributed by atoms with Crippen molar-refractivity contribution in [3.05, 3.63) is 24.4 Å². The van der Waals surface area contributed by atoms with Crippen molar-refractivity contribution in [3.63, 3.8) is 0 Å². The van der Waals surface area contributed by atoms with E-state index in [0.717, 1.165) is 31.5 Å². The number of hydrogen-bond donors (Lipinski definition) is 1. The summed E-state index contributed by atoms with van der Waals surface area (Å²) in [6, 6.07) is 6.58. The van der Waals surface area contributed by atoms with Gasteiger partial charge in [-0.2, -0.15) is 0 Å². The summed E-state index contributed by atoms with van der Waals surface area (Å²) in [6.45, 7) is -0.0201. The minimum Gasteiger partial charge on any atom is -0.384 e. The van der Waals surface area contributed by atoms with Crippen molar-refractivity contribution in [3.8, 4) is 11.8 Å². The van der Waals surface area contributed by atoms with Crippen molar-refractivity contribution in [1.82, 2.24) is 4.98 Å². The Bertz CT molecular complexity index is 413. The molecule has 1 fully saturated rings. The predicted octanol–water partition coefficient (Wildman–Crippen LogP) is 2.07. The first-order valence-corrected chi connectivity index (χ1v) is 6.54. The van der Waals surface area contributed by atoms with E-state index in [-0.39, 0.29) is 6.61 Å². The molecule has 1 aromatic heterocycles. The molecule has 0 radical (unpaired) electrons. The molecule has 0 atom stereocenters. The van der Waals surface area contributed by atoms with Gasteiger partial charge in [-0.15, -0.1) is 0 Å². The van der Waals surface area contributed by atoms with E-state index in [4.69, 9.17) is 5.11 Å². The Hall–Kier alpha value is -1.53. The maximum atomic E-state index is 8.70. The molecule has 1 saturated carbocycles. The third kappa shape index (κ3) is 3.24. The summed E-state index contributed by atoms with van der Waals surface area (Å²) in [5.74, 6) is 7.42. The van der Waals surface area contributed by atoms with Crippen LogP contribution in [-0.4, -0.2) is 29.8 Å². The molecule has 3 heteroatoms. The van der Waals surface area contributed by atoms with Crippen LogP contribution >= 0.6 is 0 Å². The first kappa shape index (κ1) is 12.9. The monoisotopic (exact) mass is 244 g/mol. The third-order valence-electron chi connectivity index (χ3n) is 3.64. The molecule has 0 aromatic carbocycles. The van der Waals surface area contributed by atoms with Crippen molar-refractivity contribution in [1.29, 1.82) is 0 Å². The highest BCUT2D eigenvalue weighted by Crippen LogP contribution is 2.28. The molecule has 96 valence electrons. The van der Waals surface area contributed by atoms with Gasteiger partial charge in [-0.3, -0.25) is 0 Å². The van der Waals surface area contributed by atoms with Crippen molar-refractivity contribution in [2.24, 2.45) is 5.92 Å². The lowest BCUT2D eigenvalue weighted by atomic mass is 9.86. The first-order valence-electron chi connectivity index (χ1n) is 6.54. The Morgan fingerprint density at radius 3 is 2.72 bits per heavy atom. The van der Waals surface area contributed by atoms with E-state index in [1.165, 1.54) is 0 Å².